The Morgan fingerprint density at radius 1 is 1.00 bits per heavy atom. The summed E-state index contributed by atoms with van der Waals surface area (Å²) in [5.41, 5.74) is 2.12. The highest BCUT2D eigenvalue weighted by molar-refractivity contribution is 6.04. The molecule has 1 aromatic heterocycles. The van der Waals surface area contributed by atoms with E-state index in [2.05, 4.69) is 25.7 Å². The van der Waals surface area contributed by atoms with Gasteiger partial charge in [-0.1, -0.05) is 24.3 Å². The van der Waals surface area contributed by atoms with Crippen LogP contribution in [-0.2, 0) is 0 Å². The maximum absolute atomic E-state index is 12.3. The fourth-order valence-corrected chi connectivity index (χ4v) is 2.10. The van der Waals surface area contributed by atoms with Crippen molar-refractivity contribution in [2.24, 2.45) is 10.2 Å². The first kappa shape index (κ1) is 15.4. The second kappa shape index (κ2) is 6.74. The summed E-state index contributed by atoms with van der Waals surface area (Å²) in [4.78, 5) is 23.8. The number of carbonyl (C=O) groups excluding carboxylic acids is 1. The van der Waals surface area contributed by atoms with E-state index in [-0.39, 0.29) is 17.2 Å². The summed E-state index contributed by atoms with van der Waals surface area (Å²) in [6.07, 6.45) is 0. The molecular formula is C17H15N5O2. The molecule has 1 heterocycles. The van der Waals surface area contributed by atoms with E-state index in [9.17, 15) is 9.59 Å². The molecule has 1 amide bonds. The molecule has 3 N–H and O–H groups in total. The van der Waals surface area contributed by atoms with Gasteiger partial charge in [0, 0.05) is 11.3 Å². The second-order valence-corrected chi connectivity index (χ2v) is 5.12. The van der Waals surface area contributed by atoms with Crippen molar-refractivity contribution in [1.82, 2.24) is 10.2 Å². The minimum atomic E-state index is -0.339. The molecule has 0 saturated carbocycles. The van der Waals surface area contributed by atoms with Gasteiger partial charge in [0.2, 0.25) is 0 Å². The summed E-state index contributed by atoms with van der Waals surface area (Å²) in [6.45, 7) is 1.72. The number of hydrogen-bond acceptors (Lipinski definition) is 4. The average Bonchev–Trinajstić information content (AvgIpc) is 2.92. The lowest BCUT2D eigenvalue weighted by atomic mass is 10.2. The largest absolute Gasteiger partial charge is 0.322 e. The Morgan fingerprint density at radius 3 is 2.50 bits per heavy atom. The zero-order valence-corrected chi connectivity index (χ0v) is 12.9. The molecule has 7 nitrogen and oxygen atoms in total. The van der Waals surface area contributed by atoms with E-state index in [1.807, 2.05) is 30.3 Å². The quantitative estimate of drug-likeness (QED) is 0.638. The first-order valence-electron chi connectivity index (χ1n) is 7.29. The standard InChI is InChI=1S/C17H15N5O2/c1-11-15(17(24)22-19-11)21-20-14-9-5-6-12(10-14)16(23)18-13-7-3-2-4-8-13/h2-10H,1H3,(H,18,23)(H2,19,22,24). The number of nitrogens with zero attached hydrogens (tertiary/aromatic N) is 2. The first-order valence-corrected chi connectivity index (χ1v) is 7.29. The lowest BCUT2D eigenvalue weighted by molar-refractivity contribution is 0.102. The van der Waals surface area contributed by atoms with Crippen LogP contribution in [0.4, 0.5) is 17.1 Å². The number of anilines is 1. The lowest BCUT2D eigenvalue weighted by Gasteiger charge is -2.05. The third-order valence-electron chi connectivity index (χ3n) is 3.34. The molecule has 24 heavy (non-hydrogen) atoms. The third-order valence-corrected chi connectivity index (χ3v) is 3.34. The van der Waals surface area contributed by atoms with Crippen molar-refractivity contribution in [3.63, 3.8) is 0 Å². The highest BCUT2D eigenvalue weighted by atomic mass is 16.1. The number of azo groups is 1. The number of hydrogen-bond donors (Lipinski definition) is 3. The van der Waals surface area contributed by atoms with E-state index in [1.165, 1.54) is 0 Å². The maximum atomic E-state index is 12.3. The highest BCUT2D eigenvalue weighted by Gasteiger charge is 2.07. The SMILES string of the molecule is Cc1[nH][nH]c(=O)c1N=Nc1cccc(C(=O)Nc2ccccc2)c1. The van der Waals surface area contributed by atoms with Gasteiger partial charge in [-0.15, -0.1) is 5.11 Å². The van der Waals surface area contributed by atoms with Crippen molar-refractivity contribution in [2.45, 2.75) is 6.92 Å². The Hall–Kier alpha value is -3.48. The number of benzene rings is 2. The number of aryl methyl sites for hydroxylation is 1. The number of para-hydroxylation sites is 1. The molecule has 0 spiro atoms. The molecule has 0 fully saturated rings. The molecule has 7 heteroatoms. The predicted octanol–water partition coefficient (Wildman–Crippen LogP) is 3.68. The van der Waals surface area contributed by atoms with Gasteiger partial charge in [-0.3, -0.25) is 14.7 Å². The molecular weight excluding hydrogens is 306 g/mol. The summed E-state index contributed by atoms with van der Waals surface area (Å²) in [6, 6.07) is 15.9. The van der Waals surface area contributed by atoms with Gasteiger partial charge in [0.25, 0.3) is 11.5 Å². The van der Waals surface area contributed by atoms with Gasteiger partial charge in [-0.05, 0) is 37.3 Å². The number of H-pyrrole nitrogens is 2. The van der Waals surface area contributed by atoms with Gasteiger partial charge >= 0.3 is 0 Å². The monoisotopic (exact) mass is 321 g/mol. The van der Waals surface area contributed by atoms with Crippen molar-refractivity contribution in [2.75, 3.05) is 5.32 Å². The first-order chi connectivity index (χ1) is 11.6. The van der Waals surface area contributed by atoms with Gasteiger partial charge in [-0.25, -0.2) is 0 Å². The molecule has 0 aliphatic rings. The van der Waals surface area contributed by atoms with Crippen LogP contribution >= 0.6 is 0 Å². The summed E-state index contributed by atoms with van der Waals surface area (Å²) >= 11 is 0. The smallest absolute Gasteiger partial charge is 0.291 e. The van der Waals surface area contributed by atoms with Crippen molar-refractivity contribution >= 4 is 23.0 Å². The Balaban J connectivity index is 1.79. The van der Waals surface area contributed by atoms with E-state index in [0.717, 1.165) is 0 Å². The number of carbonyl (C=O) groups is 1. The molecule has 2 aromatic carbocycles. The normalized spacial score (nSPS) is 10.9. The van der Waals surface area contributed by atoms with Gasteiger partial charge < -0.3 is 10.4 Å². The zero-order valence-electron chi connectivity index (χ0n) is 12.9. The van der Waals surface area contributed by atoms with Gasteiger partial charge in [0.05, 0.1) is 11.4 Å². The molecule has 0 saturated heterocycles. The number of aromatic nitrogens is 2. The fraction of sp³-hybridized carbons (Fsp3) is 0.0588. The van der Waals surface area contributed by atoms with Gasteiger partial charge in [0.1, 0.15) is 0 Å². The number of aromatic amines is 2. The van der Waals surface area contributed by atoms with Crippen LogP contribution in [-0.4, -0.2) is 16.1 Å². The van der Waals surface area contributed by atoms with Crippen molar-refractivity contribution in [3.05, 3.63) is 76.2 Å². The van der Waals surface area contributed by atoms with Crippen molar-refractivity contribution < 1.29 is 4.79 Å². The Bertz CT molecular complexity index is 941. The van der Waals surface area contributed by atoms with E-state index in [4.69, 9.17) is 0 Å². The van der Waals surface area contributed by atoms with E-state index in [0.29, 0.717) is 22.6 Å². The van der Waals surface area contributed by atoms with E-state index < -0.39 is 0 Å². The van der Waals surface area contributed by atoms with Crippen molar-refractivity contribution in [3.8, 4) is 0 Å². The summed E-state index contributed by atoms with van der Waals surface area (Å²) < 4.78 is 0. The van der Waals surface area contributed by atoms with Crippen LogP contribution in [0, 0.1) is 6.92 Å². The predicted molar refractivity (Wildman–Crippen MR) is 91.2 cm³/mol. The van der Waals surface area contributed by atoms with Crippen LogP contribution in [0.2, 0.25) is 0 Å². The molecule has 0 aliphatic heterocycles. The van der Waals surface area contributed by atoms with Crippen LogP contribution < -0.4 is 10.9 Å². The molecule has 3 rings (SSSR count). The summed E-state index contributed by atoms with van der Waals surface area (Å²) in [7, 11) is 0. The topological polar surface area (TPSA) is 102 Å². The lowest BCUT2D eigenvalue weighted by Crippen LogP contribution is -2.11. The Morgan fingerprint density at radius 2 is 1.79 bits per heavy atom. The van der Waals surface area contributed by atoms with E-state index >= 15 is 0 Å². The van der Waals surface area contributed by atoms with Crippen molar-refractivity contribution in [1.29, 1.82) is 0 Å². The van der Waals surface area contributed by atoms with Crippen LogP contribution in [0.5, 0.6) is 0 Å². The minimum absolute atomic E-state index is 0.217. The third kappa shape index (κ3) is 3.46. The summed E-state index contributed by atoms with van der Waals surface area (Å²) in [5.74, 6) is -0.242. The van der Waals surface area contributed by atoms with Crippen LogP contribution in [0.15, 0.2) is 69.6 Å². The molecule has 0 radical (unpaired) electrons. The average molecular weight is 321 g/mol. The highest BCUT2D eigenvalue weighted by Crippen LogP contribution is 2.19. The molecule has 0 unspecified atom stereocenters. The zero-order chi connectivity index (χ0) is 16.9. The number of nitrogens with one attached hydrogen (secondary N) is 3. The molecule has 0 aliphatic carbocycles. The minimum Gasteiger partial charge on any atom is -0.322 e. The Kier molecular flexibility index (Phi) is 4.33. The molecule has 0 atom stereocenters. The molecule has 0 bridgehead atoms. The maximum Gasteiger partial charge on any atom is 0.291 e. The van der Waals surface area contributed by atoms with E-state index in [1.54, 1.807) is 31.2 Å². The van der Waals surface area contributed by atoms with Crippen LogP contribution in [0.3, 0.4) is 0 Å². The van der Waals surface area contributed by atoms with Crippen LogP contribution in [0.25, 0.3) is 0 Å². The van der Waals surface area contributed by atoms with Gasteiger partial charge in [-0.2, -0.15) is 5.11 Å². The Labute approximate surface area is 137 Å². The second-order valence-electron chi connectivity index (χ2n) is 5.12. The molecule has 3 aromatic rings. The van der Waals surface area contributed by atoms with Gasteiger partial charge in [0.15, 0.2) is 5.69 Å². The summed E-state index contributed by atoms with van der Waals surface area (Å²) in [5, 5.41) is 15.9. The van der Waals surface area contributed by atoms with Crippen LogP contribution in [0.1, 0.15) is 16.1 Å². The number of rotatable bonds is 4. The number of amides is 1. The fourth-order valence-electron chi connectivity index (χ4n) is 2.10. The molecule has 120 valence electrons.